The number of aromatic nitrogens is 3. The summed E-state index contributed by atoms with van der Waals surface area (Å²) in [5.41, 5.74) is 2.16. The molecule has 0 aliphatic heterocycles. The second kappa shape index (κ2) is 7.51. The first-order valence-corrected chi connectivity index (χ1v) is 9.45. The van der Waals surface area contributed by atoms with Gasteiger partial charge >= 0.3 is 0 Å². The number of hydrogen-bond acceptors (Lipinski definition) is 6. The van der Waals surface area contributed by atoms with Crippen LogP contribution < -0.4 is 10.8 Å². The Morgan fingerprint density at radius 2 is 2.07 bits per heavy atom. The summed E-state index contributed by atoms with van der Waals surface area (Å²) in [6.45, 7) is 0.517. The van der Waals surface area contributed by atoms with Gasteiger partial charge in [0, 0.05) is 23.7 Å². The van der Waals surface area contributed by atoms with E-state index in [1.165, 1.54) is 6.07 Å². The third kappa shape index (κ3) is 3.52. The van der Waals surface area contributed by atoms with Gasteiger partial charge in [0.05, 0.1) is 17.0 Å². The molecule has 8 heteroatoms. The lowest BCUT2D eigenvalue weighted by molar-refractivity contribution is 0.243. The Labute approximate surface area is 168 Å². The van der Waals surface area contributed by atoms with Crippen LogP contribution in [0.2, 0.25) is 0 Å². The molecule has 0 unspecified atom stereocenters. The Kier molecular flexibility index (Phi) is 4.89. The number of benzene rings is 1. The smallest absolute Gasteiger partial charge is 0.148 e. The number of hydrogen-bond donors (Lipinski definition) is 2. The third-order valence-electron chi connectivity index (χ3n) is 5.49. The molecule has 0 amide bonds. The van der Waals surface area contributed by atoms with Crippen LogP contribution in [0.15, 0.2) is 42.6 Å². The van der Waals surface area contributed by atoms with Gasteiger partial charge < -0.3 is 10.4 Å². The molecule has 2 aromatic heterocycles. The van der Waals surface area contributed by atoms with E-state index in [0.29, 0.717) is 29.3 Å². The van der Waals surface area contributed by atoms with Crippen LogP contribution in [0, 0.1) is 17.1 Å². The Morgan fingerprint density at radius 1 is 1.24 bits per heavy atom. The van der Waals surface area contributed by atoms with Gasteiger partial charge in [0.15, 0.2) is 0 Å². The molecule has 3 aromatic rings. The minimum absolute atomic E-state index is 0.104. The molecule has 4 rings (SSSR count). The van der Waals surface area contributed by atoms with Gasteiger partial charge in [-0.1, -0.05) is 17.9 Å². The van der Waals surface area contributed by atoms with Crippen LogP contribution in [0.1, 0.15) is 30.5 Å². The van der Waals surface area contributed by atoms with E-state index in [0.717, 1.165) is 24.7 Å². The molecule has 144 valence electrons. The van der Waals surface area contributed by atoms with Crippen molar-refractivity contribution < 1.29 is 9.50 Å². The quantitative estimate of drug-likeness (QED) is 0.651. The molecule has 0 spiro atoms. The van der Waals surface area contributed by atoms with Gasteiger partial charge in [-0.2, -0.15) is 5.26 Å². The molecule has 29 heavy (non-hydrogen) atoms. The number of pyridine rings is 1. The fraction of sp³-hybridized carbons (Fsp3) is 0.238. The van der Waals surface area contributed by atoms with E-state index in [-0.39, 0.29) is 22.5 Å². The van der Waals surface area contributed by atoms with E-state index in [9.17, 15) is 9.50 Å². The highest BCUT2D eigenvalue weighted by Crippen LogP contribution is 2.43. The Bertz CT molecular complexity index is 1090. The van der Waals surface area contributed by atoms with E-state index in [1.807, 2.05) is 13.9 Å². The molecule has 2 N–H and O–H groups in total. The molecule has 6 nitrogen and oxygen atoms in total. The van der Waals surface area contributed by atoms with Crippen molar-refractivity contribution in [1.29, 1.82) is 5.26 Å². The number of halogens is 1. The van der Waals surface area contributed by atoms with E-state index < -0.39 is 0 Å². The van der Waals surface area contributed by atoms with Crippen LogP contribution in [-0.2, 0) is 5.41 Å². The van der Waals surface area contributed by atoms with Gasteiger partial charge in [0.2, 0.25) is 0 Å². The molecule has 0 bridgehead atoms. The van der Waals surface area contributed by atoms with Gasteiger partial charge in [-0.05, 0) is 43.2 Å². The molecule has 1 aliphatic rings. The molecule has 1 fully saturated rings. The van der Waals surface area contributed by atoms with E-state index in [2.05, 4.69) is 20.5 Å². The van der Waals surface area contributed by atoms with E-state index >= 15 is 0 Å². The largest absolute Gasteiger partial charge is 0.506 e. The highest BCUT2D eigenvalue weighted by atomic mass is 19.1. The van der Waals surface area contributed by atoms with Crippen molar-refractivity contribution in [3.63, 3.8) is 0 Å². The Morgan fingerprint density at radius 3 is 2.69 bits per heavy atom. The Hall–Kier alpha value is -3.47. The third-order valence-corrected chi connectivity index (χ3v) is 5.49. The minimum atomic E-state index is -0.331. The van der Waals surface area contributed by atoms with Crippen LogP contribution in [0.4, 0.5) is 10.2 Å². The summed E-state index contributed by atoms with van der Waals surface area (Å²) in [6, 6.07) is 11.9. The molecule has 0 atom stereocenters. The van der Waals surface area contributed by atoms with Crippen LogP contribution in [0.3, 0.4) is 0 Å². The summed E-state index contributed by atoms with van der Waals surface area (Å²) in [5, 5.41) is 31.1. The normalized spacial score (nSPS) is 14.6. The maximum absolute atomic E-state index is 14.2. The predicted molar refractivity (Wildman–Crippen MR) is 110 cm³/mol. The average molecular weight is 387 g/mol. The Balaban J connectivity index is 1.53. The number of nitrogens with one attached hydrogen (secondary N) is 1. The zero-order chi connectivity index (χ0) is 20.4. The van der Waals surface area contributed by atoms with Crippen molar-refractivity contribution in [2.45, 2.75) is 24.7 Å². The number of aromatic hydroxyl groups is 1. The van der Waals surface area contributed by atoms with Gasteiger partial charge in [-0.3, -0.25) is 4.98 Å². The molecule has 1 saturated carbocycles. The first-order chi connectivity index (χ1) is 14.0. The summed E-state index contributed by atoms with van der Waals surface area (Å²) in [5.74, 6) is 0.176. The lowest BCUT2D eigenvalue weighted by Crippen LogP contribution is -2.42. The topological polar surface area (TPSA) is 94.7 Å². The fourth-order valence-corrected chi connectivity index (χ4v) is 3.77. The van der Waals surface area contributed by atoms with E-state index in [4.69, 9.17) is 5.26 Å². The van der Waals surface area contributed by atoms with Gasteiger partial charge in [0.25, 0.3) is 0 Å². The second-order valence-electron chi connectivity index (χ2n) is 7.45. The number of phenols is 1. The molecule has 0 radical (unpaired) electrons. The van der Waals surface area contributed by atoms with Crippen molar-refractivity contribution in [3.8, 4) is 23.1 Å². The number of rotatable bonds is 5. The first-order valence-electron chi connectivity index (χ1n) is 9.45. The van der Waals surface area contributed by atoms with Crippen LogP contribution in [0.25, 0.3) is 11.3 Å². The van der Waals surface area contributed by atoms with E-state index in [1.54, 1.807) is 36.5 Å². The summed E-state index contributed by atoms with van der Waals surface area (Å²) in [7, 11) is 1.85. The van der Waals surface area contributed by atoms with Crippen LogP contribution in [0.5, 0.6) is 5.75 Å². The number of nitriles is 1. The predicted octanol–water partition coefficient (Wildman–Crippen LogP) is 2.05. The van der Waals surface area contributed by atoms with Crippen molar-refractivity contribution in [1.82, 2.24) is 15.2 Å². The minimum Gasteiger partial charge on any atom is -0.506 e. The van der Waals surface area contributed by atoms with Gasteiger partial charge in [0.1, 0.15) is 31.3 Å². The zero-order valence-electron chi connectivity index (χ0n) is 16.0. The first kappa shape index (κ1) is 18.9. The fourth-order valence-electron chi connectivity index (χ4n) is 3.77. The monoisotopic (exact) mass is 387 g/mol. The summed E-state index contributed by atoms with van der Waals surface area (Å²) in [4.78, 5) is 4.27. The summed E-state index contributed by atoms with van der Waals surface area (Å²) >= 11 is 0. The average Bonchev–Trinajstić information content (AvgIpc) is 2.70. The standard InChI is InChI=1S/C21H19BFN5O/c22-14-9-13(11-24)19(29)15(10-14)17-4-5-18(28-27-17)26-12-21(6-2-7-21)20-16(23)3-1-8-25-20/h1,3-5,8-10,29H,2,6-7,12,22H2,(H,26,28). The maximum atomic E-state index is 14.2. The molecule has 1 aromatic carbocycles. The molecular weight excluding hydrogens is 368 g/mol. The lowest BCUT2D eigenvalue weighted by atomic mass is 9.66. The SMILES string of the molecule is Bc1cc(C#N)c(O)c(-c2ccc(NCC3(c4ncccc4F)CCC3)nn2)c1. The second-order valence-corrected chi connectivity index (χ2v) is 7.45. The van der Waals surface area contributed by atoms with Gasteiger partial charge in [-0.25, -0.2) is 4.39 Å². The highest BCUT2D eigenvalue weighted by molar-refractivity contribution is 6.32. The summed E-state index contributed by atoms with van der Waals surface area (Å²) in [6.07, 6.45) is 4.40. The summed E-state index contributed by atoms with van der Waals surface area (Å²) < 4.78 is 14.2. The van der Waals surface area contributed by atoms with Crippen molar-refractivity contribution in [2.75, 3.05) is 11.9 Å². The number of anilines is 1. The van der Waals surface area contributed by atoms with Crippen LogP contribution >= 0.6 is 0 Å². The van der Waals surface area contributed by atoms with Crippen molar-refractivity contribution in [2.24, 2.45) is 0 Å². The number of phenolic OH excluding ortho intramolecular Hbond substituents is 1. The van der Waals surface area contributed by atoms with Crippen molar-refractivity contribution >= 4 is 19.1 Å². The molecule has 0 saturated heterocycles. The highest BCUT2D eigenvalue weighted by Gasteiger charge is 2.41. The van der Waals surface area contributed by atoms with Crippen molar-refractivity contribution in [3.05, 3.63) is 59.7 Å². The lowest BCUT2D eigenvalue weighted by Gasteiger charge is -2.41. The zero-order valence-corrected chi connectivity index (χ0v) is 16.0. The maximum Gasteiger partial charge on any atom is 0.148 e. The van der Waals surface area contributed by atoms with Crippen LogP contribution in [-0.4, -0.2) is 34.7 Å². The molecular formula is C21H19BFN5O. The number of nitrogens with zero attached hydrogens (tertiary/aromatic N) is 4. The molecule has 1 aliphatic carbocycles. The molecule has 2 heterocycles. The van der Waals surface area contributed by atoms with Gasteiger partial charge in [-0.15, -0.1) is 10.2 Å².